The molecule has 0 saturated carbocycles. The van der Waals surface area contributed by atoms with Gasteiger partial charge < -0.3 is 15.8 Å². The maximum Gasteiger partial charge on any atom is 0.262 e. The van der Waals surface area contributed by atoms with Crippen molar-refractivity contribution in [2.45, 2.75) is 25.3 Å². The normalized spacial score (nSPS) is 18.9. The molecule has 1 unspecified atom stereocenters. The summed E-state index contributed by atoms with van der Waals surface area (Å²) in [6, 6.07) is 3.74. The molecule has 5 amide bonds. The van der Waals surface area contributed by atoms with Crippen LogP contribution in [0.4, 0.5) is 5.69 Å². The Morgan fingerprint density at radius 3 is 2.64 bits per heavy atom. The fourth-order valence-electron chi connectivity index (χ4n) is 3.12. The van der Waals surface area contributed by atoms with Gasteiger partial charge in [0.1, 0.15) is 6.04 Å². The lowest BCUT2D eigenvalue weighted by Crippen LogP contribution is -2.54. The van der Waals surface area contributed by atoms with E-state index in [1.807, 2.05) is 0 Å². The summed E-state index contributed by atoms with van der Waals surface area (Å²) in [5, 5.41) is 5.22. The molecule has 4 N–H and O–H groups in total. The van der Waals surface area contributed by atoms with E-state index in [1.165, 1.54) is 6.07 Å². The van der Waals surface area contributed by atoms with Crippen molar-refractivity contribution >= 4 is 35.2 Å². The molecular weight excluding hydrogens is 368 g/mol. The molecule has 10 heteroatoms. The topological polar surface area (TPSA) is 148 Å². The SMILES string of the molecule is NC(=O)CCOCCNc1ccc2c(c1)C(=O)N(C1CCC(=O)NC1=O)C2=O. The smallest absolute Gasteiger partial charge is 0.262 e. The molecule has 0 bridgehead atoms. The zero-order valence-corrected chi connectivity index (χ0v) is 15.0. The van der Waals surface area contributed by atoms with Gasteiger partial charge in [-0.25, -0.2) is 0 Å². The second-order valence-corrected chi connectivity index (χ2v) is 6.46. The fourth-order valence-corrected chi connectivity index (χ4v) is 3.12. The van der Waals surface area contributed by atoms with Crippen LogP contribution in [-0.4, -0.2) is 60.2 Å². The summed E-state index contributed by atoms with van der Waals surface area (Å²) in [6.07, 6.45) is 0.335. The molecule has 2 aliphatic heterocycles. The molecule has 0 aromatic heterocycles. The van der Waals surface area contributed by atoms with Gasteiger partial charge in [-0.2, -0.15) is 0 Å². The van der Waals surface area contributed by atoms with Crippen LogP contribution in [0.2, 0.25) is 0 Å². The number of benzene rings is 1. The van der Waals surface area contributed by atoms with E-state index in [4.69, 9.17) is 10.5 Å². The third kappa shape index (κ3) is 4.01. The third-order valence-corrected chi connectivity index (χ3v) is 4.51. The van der Waals surface area contributed by atoms with Gasteiger partial charge in [0.05, 0.1) is 24.3 Å². The predicted octanol–water partition coefficient (Wildman–Crippen LogP) is -0.608. The molecule has 28 heavy (non-hydrogen) atoms. The monoisotopic (exact) mass is 388 g/mol. The number of carbonyl (C=O) groups is 5. The highest BCUT2D eigenvalue weighted by atomic mass is 16.5. The number of carbonyl (C=O) groups excluding carboxylic acids is 5. The van der Waals surface area contributed by atoms with Gasteiger partial charge in [0.2, 0.25) is 17.7 Å². The molecular formula is C18H20N4O6. The maximum atomic E-state index is 12.7. The van der Waals surface area contributed by atoms with Crippen LogP contribution in [0.25, 0.3) is 0 Å². The van der Waals surface area contributed by atoms with E-state index in [-0.39, 0.29) is 37.0 Å². The van der Waals surface area contributed by atoms with Gasteiger partial charge in [0.15, 0.2) is 0 Å². The molecule has 0 aliphatic carbocycles. The quantitative estimate of drug-likeness (QED) is 0.397. The van der Waals surface area contributed by atoms with Gasteiger partial charge in [-0.3, -0.25) is 34.2 Å². The van der Waals surface area contributed by atoms with E-state index in [9.17, 15) is 24.0 Å². The van der Waals surface area contributed by atoms with Crippen molar-refractivity contribution in [1.29, 1.82) is 0 Å². The highest BCUT2D eigenvalue weighted by molar-refractivity contribution is 6.23. The standard InChI is InChI=1S/C18H20N4O6/c19-14(23)5-7-28-8-6-20-10-1-2-11-12(9-10)18(27)22(17(11)26)13-3-4-15(24)21-16(13)25/h1-2,9,13,20H,3-8H2,(H2,19,23)(H,21,24,25). The van der Waals surface area contributed by atoms with Crippen molar-refractivity contribution in [3.8, 4) is 0 Å². The van der Waals surface area contributed by atoms with Crippen LogP contribution in [0.15, 0.2) is 18.2 Å². The first-order valence-corrected chi connectivity index (χ1v) is 8.84. The number of hydrogen-bond acceptors (Lipinski definition) is 7. The van der Waals surface area contributed by atoms with Crippen molar-refractivity contribution in [3.05, 3.63) is 29.3 Å². The average molecular weight is 388 g/mol. The molecule has 1 atom stereocenters. The number of amides is 5. The summed E-state index contributed by atoms with van der Waals surface area (Å²) in [5.74, 6) is -2.60. The third-order valence-electron chi connectivity index (χ3n) is 4.51. The second-order valence-electron chi connectivity index (χ2n) is 6.46. The molecule has 1 fully saturated rings. The summed E-state index contributed by atoms with van der Waals surface area (Å²) < 4.78 is 5.25. The van der Waals surface area contributed by atoms with Gasteiger partial charge >= 0.3 is 0 Å². The predicted molar refractivity (Wildman–Crippen MR) is 96.2 cm³/mol. The number of nitrogens with zero attached hydrogens (tertiary/aromatic N) is 1. The van der Waals surface area contributed by atoms with Gasteiger partial charge in [0.25, 0.3) is 11.8 Å². The Kier molecular flexibility index (Phi) is 5.69. The number of ether oxygens (including phenoxy) is 1. The van der Waals surface area contributed by atoms with E-state index in [0.29, 0.717) is 18.8 Å². The van der Waals surface area contributed by atoms with E-state index < -0.39 is 35.6 Å². The Labute approximate surface area is 160 Å². The Balaban J connectivity index is 1.62. The van der Waals surface area contributed by atoms with E-state index in [2.05, 4.69) is 10.6 Å². The minimum absolute atomic E-state index is 0.0758. The summed E-state index contributed by atoms with van der Waals surface area (Å²) in [7, 11) is 0. The molecule has 1 aromatic rings. The number of primary amides is 1. The lowest BCUT2D eigenvalue weighted by Gasteiger charge is -2.27. The van der Waals surface area contributed by atoms with E-state index >= 15 is 0 Å². The van der Waals surface area contributed by atoms with Crippen LogP contribution in [0.3, 0.4) is 0 Å². The second kappa shape index (κ2) is 8.17. The first-order chi connectivity index (χ1) is 13.4. The number of nitrogens with two attached hydrogens (primary N) is 1. The molecule has 3 rings (SSSR count). The van der Waals surface area contributed by atoms with Crippen LogP contribution >= 0.6 is 0 Å². The van der Waals surface area contributed by atoms with E-state index in [1.54, 1.807) is 12.1 Å². The molecule has 148 valence electrons. The van der Waals surface area contributed by atoms with Crippen molar-refractivity contribution in [1.82, 2.24) is 10.2 Å². The van der Waals surface area contributed by atoms with Crippen LogP contribution in [0, 0.1) is 0 Å². The van der Waals surface area contributed by atoms with Crippen LogP contribution in [0.1, 0.15) is 40.0 Å². The largest absolute Gasteiger partial charge is 0.383 e. The van der Waals surface area contributed by atoms with Crippen LogP contribution in [-0.2, 0) is 19.1 Å². The average Bonchev–Trinajstić information content (AvgIpc) is 2.89. The highest BCUT2D eigenvalue weighted by Gasteiger charge is 2.44. The van der Waals surface area contributed by atoms with Gasteiger partial charge in [-0.15, -0.1) is 0 Å². The molecule has 1 aromatic carbocycles. The summed E-state index contributed by atoms with van der Waals surface area (Å²) >= 11 is 0. The molecule has 2 aliphatic rings. The maximum absolute atomic E-state index is 12.7. The van der Waals surface area contributed by atoms with Gasteiger partial charge in [-0.05, 0) is 24.6 Å². The summed E-state index contributed by atoms with van der Waals surface area (Å²) in [6.45, 7) is 0.991. The number of piperidine rings is 1. The fraction of sp³-hybridized carbons (Fsp3) is 0.389. The Morgan fingerprint density at radius 2 is 1.93 bits per heavy atom. The molecule has 0 radical (unpaired) electrons. The molecule has 1 saturated heterocycles. The van der Waals surface area contributed by atoms with Gasteiger partial charge in [0, 0.05) is 25.1 Å². The zero-order valence-electron chi connectivity index (χ0n) is 15.0. The Bertz CT molecular complexity index is 852. The molecule has 0 spiro atoms. The van der Waals surface area contributed by atoms with Gasteiger partial charge in [-0.1, -0.05) is 0 Å². The number of nitrogens with one attached hydrogen (secondary N) is 2. The summed E-state index contributed by atoms with van der Waals surface area (Å²) in [5.41, 5.74) is 6.05. The Morgan fingerprint density at radius 1 is 1.18 bits per heavy atom. The minimum atomic E-state index is -0.986. The summed E-state index contributed by atoms with van der Waals surface area (Å²) in [4.78, 5) is 60.2. The van der Waals surface area contributed by atoms with Crippen LogP contribution in [0.5, 0.6) is 0 Å². The number of fused-ring (bicyclic) bond motifs is 1. The number of anilines is 1. The zero-order chi connectivity index (χ0) is 20.3. The minimum Gasteiger partial charge on any atom is -0.383 e. The lowest BCUT2D eigenvalue weighted by molar-refractivity contribution is -0.136. The number of imide groups is 2. The van der Waals surface area contributed by atoms with Crippen molar-refractivity contribution in [3.63, 3.8) is 0 Å². The lowest BCUT2D eigenvalue weighted by atomic mass is 10.0. The number of hydrogen-bond donors (Lipinski definition) is 3. The van der Waals surface area contributed by atoms with E-state index in [0.717, 1.165) is 4.90 Å². The first kappa shape index (κ1) is 19.5. The van der Waals surface area contributed by atoms with Crippen molar-refractivity contribution < 1.29 is 28.7 Å². The Hall–Kier alpha value is -3.27. The van der Waals surface area contributed by atoms with Crippen LogP contribution < -0.4 is 16.4 Å². The first-order valence-electron chi connectivity index (χ1n) is 8.84. The molecule has 2 heterocycles. The molecule has 10 nitrogen and oxygen atoms in total. The number of rotatable bonds is 8. The van der Waals surface area contributed by atoms with Crippen molar-refractivity contribution in [2.75, 3.05) is 25.1 Å². The highest BCUT2D eigenvalue weighted by Crippen LogP contribution is 2.29. The van der Waals surface area contributed by atoms with Crippen molar-refractivity contribution in [2.24, 2.45) is 5.73 Å².